The summed E-state index contributed by atoms with van der Waals surface area (Å²) in [6.07, 6.45) is 1.42. The fraction of sp³-hybridized carbons (Fsp3) is 0.444. The molecule has 4 rings (SSSR count). The number of hydrogen-bond donors (Lipinski definition) is 2. The molecule has 0 bridgehead atoms. The van der Waals surface area contributed by atoms with Gasteiger partial charge in [0.15, 0.2) is 0 Å². The molecule has 1 aliphatic carbocycles. The standard InChI is InChI=1S/C27H31F2N3O5S/c1-17-14-32(18(2)16-33)38(35,36)26-11-8-20(7-6-19-4-5-19)12-24(26)37-25(17)15-31(3)27(34)30-23-13-21(28)9-10-22(23)29/h8-13,17-19,25,33H,4-5,14-16H2,1-3H3,(H,30,34)/t17-,18+,25+/m0/s1. The molecule has 2 aliphatic rings. The molecule has 11 heteroatoms. The van der Waals surface area contributed by atoms with Crippen LogP contribution in [-0.4, -0.2) is 67.7 Å². The van der Waals surface area contributed by atoms with Crippen molar-refractivity contribution in [3.05, 3.63) is 53.6 Å². The van der Waals surface area contributed by atoms with Crippen LogP contribution in [0.25, 0.3) is 0 Å². The lowest BCUT2D eigenvalue weighted by molar-refractivity contribution is 0.0830. The summed E-state index contributed by atoms with van der Waals surface area (Å²) < 4.78 is 62.2. The Hall–Kier alpha value is -3.20. The van der Waals surface area contributed by atoms with E-state index in [0.29, 0.717) is 11.5 Å². The van der Waals surface area contributed by atoms with Crippen LogP contribution < -0.4 is 10.1 Å². The Balaban J connectivity index is 1.64. The van der Waals surface area contributed by atoms with Crippen molar-refractivity contribution in [2.75, 3.05) is 32.1 Å². The minimum atomic E-state index is -4.01. The minimum Gasteiger partial charge on any atom is -0.487 e. The zero-order chi connectivity index (χ0) is 27.6. The fourth-order valence-corrected chi connectivity index (χ4v) is 5.92. The number of hydrogen-bond acceptors (Lipinski definition) is 5. The van der Waals surface area contributed by atoms with Gasteiger partial charge in [0.25, 0.3) is 0 Å². The summed E-state index contributed by atoms with van der Waals surface area (Å²) in [5.41, 5.74) is 0.305. The highest BCUT2D eigenvalue weighted by molar-refractivity contribution is 7.89. The van der Waals surface area contributed by atoms with Gasteiger partial charge in [-0.05, 0) is 50.1 Å². The number of carbonyl (C=O) groups is 1. The summed E-state index contributed by atoms with van der Waals surface area (Å²) in [5, 5.41) is 12.1. The van der Waals surface area contributed by atoms with Crippen LogP contribution in [0, 0.1) is 35.3 Å². The number of anilines is 1. The fourth-order valence-electron chi connectivity index (χ4n) is 4.09. The molecule has 38 heavy (non-hydrogen) atoms. The van der Waals surface area contributed by atoms with E-state index < -0.39 is 45.8 Å². The number of sulfonamides is 1. The number of likely N-dealkylation sites (N-methyl/N-ethyl adjacent to an activating group) is 1. The van der Waals surface area contributed by atoms with Crippen LogP contribution in [0.1, 0.15) is 32.3 Å². The maximum absolute atomic E-state index is 14.0. The molecule has 3 atom stereocenters. The highest BCUT2D eigenvalue weighted by atomic mass is 32.2. The normalized spacial score (nSPS) is 21.5. The number of aliphatic hydroxyl groups is 1. The Morgan fingerprint density at radius 3 is 2.68 bits per heavy atom. The molecule has 204 valence electrons. The largest absolute Gasteiger partial charge is 0.487 e. The molecular formula is C27H31F2N3O5S. The van der Waals surface area contributed by atoms with Gasteiger partial charge in [0.1, 0.15) is 28.4 Å². The monoisotopic (exact) mass is 547 g/mol. The van der Waals surface area contributed by atoms with Crippen LogP contribution in [0.5, 0.6) is 5.75 Å². The molecule has 1 saturated carbocycles. The molecule has 8 nitrogen and oxygen atoms in total. The number of benzene rings is 2. The van der Waals surface area contributed by atoms with E-state index in [1.807, 2.05) is 0 Å². The first-order chi connectivity index (χ1) is 18.0. The predicted octanol–water partition coefficient (Wildman–Crippen LogP) is 3.66. The summed E-state index contributed by atoms with van der Waals surface area (Å²) in [6, 6.07) is 6.03. The van der Waals surface area contributed by atoms with E-state index in [4.69, 9.17) is 4.74 Å². The van der Waals surface area contributed by atoms with Crippen molar-refractivity contribution in [3.63, 3.8) is 0 Å². The molecule has 0 radical (unpaired) electrons. The SMILES string of the molecule is C[C@H](CO)N1C[C@H](C)[C@@H](CN(C)C(=O)Nc2cc(F)ccc2F)Oc2cc(C#CC3CC3)ccc2S1(=O)=O. The zero-order valence-electron chi connectivity index (χ0n) is 21.4. The van der Waals surface area contributed by atoms with Crippen molar-refractivity contribution in [3.8, 4) is 17.6 Å². The number of nitrogens with zero attached hydrogens (tertiary/aromatic N) is 2. The third-order valence-electron chi connectivity index (χ3n) is 6.64. The van der Waals surface area contributed by atoms with Gasteiger partial charge >= 0.3 is 6.03 Å². The van der Waals surface area contributed by atoms with Crippen LogP contribution >= 0.6 is 0 Å². The van der Waals surface area contributed by atoms with Crippen molar-refractivity contribution in [2.45, 2.75) is 43.7 Å². The number of fused-ring (bicyclic) bond motifs is 1. The lowest BCUT2D eigenvalue weighted by Crippen LogP contribution is -2.50. The number of halogens is 2. The highest BCUT2D eigenvalue weighted by Gasteiger charge is 2.38. The molecule has 1 heterocycles. The van der Waals surface area contributed by atoms with Crippen LogP contribution in [0.4, 0.5) is 19.3 Å². The third-order valence-corrected chi connectivity index (χ3v) is 8.66. The summed E-state index contributed by atoms with van der Waals surface area (Å²) in [5.74, 6) is 4.78. The number of nitrogens with one attached hydrogen (secondary N) is 1. The molecule has 0 saturated heterocycles. The molecule has 1 fully saturated rings. The predicted molar refractivity (Wildman–Crippen MR) is 138 cm³/mol. The first kappa shape index (κ1) is 27.8. The van der Waals surface area contributed by atoms with E-state index in [0.717, 1.165) is 31.0 Å². The zero-order valence-corrected chi connectivity index (χ0v) is 22.3. The number of amides is 2. The third kappa shape index (κ3) is 6.26. The van der Waals surface area contributed by atoms with Crippen LogP contribution in [0.3, 0.4) is 0 Å². The van der Waals surface area contributed by atoms with Crippen LogP contribution in [-0.2, 0) is 10.0 Å². The van der Waals surface area contributed by atoms with E-state index in [9.17, 15) is 27.1 Å². The van der Waals surface area contributed by atoms with Crippen molar-refractivity contribution >= 4 is 21.7 Å². The number of ether oxygens (including phenoxy) is 1. The van der Waals surface area contributed by atoms with Gasteiger partial charge in [-0.2, -0.15) is 4.31 Å². The molecule has 2 N–H and O–H groups in total. The van der Waals surface area contributed by atoms with Crippen molar-refractivity contribution in [2.24, 2.45) is 11.8 Å². The van der Waals surface area contributed by atoms with Gasteiger partial charge in [0.2, 0.25) is 10.0 Å². The second-order valence-corrected chi connectivity index (χ2v) is 11.7. The van der Waals surface area contributed by atoms with E-state index >= 15 is 0 Å². The average Bonchev–Trinajstić information content (AvgIpc) is 3.71. The van der Waals surface area contributed by atoms with Gasteiger partial charge in [-0.25, -0.2) is 22.0 Å². The second kappa shape index (κ2) is 11.3. The Morgan fingerprint density at radius 2 is 2.00 bits per heavy atom. The smallest absolute Gasteiger partial charge is 0.321 e. The maximum Gasteiger partial charge on any atom is 0.321 e. The number of rotatable bonds is 5. The number of carbonyl (C=O) groups excluding carboxylic acids is 1. The van der Waals surface area contributed by atoms with Gasteiger partial charge in [-0.1, -0.05) is 18.8 Å². The lowest BCUT2D eigenvalue weighted by atomic mass is 10.0. The van der Waals surface area contributed by atoms with Crippen LogP contribution in [0.2, 0.25) is 0 Å². The van der Waals surface area contributed by atoms with Crippen molar-refractivity contribution in [1.29, 1.82) is 0 Å². The van der Waals surface area contributed by atoms with Crippen molar-refractivity contribution in [1.82, 2.24) is 9.21 Å². The first-order valence-electron chi connectivity index (χ1n) is 12.4. The van der Waals surface area contributed by atoms with Gasteiger partial charge in [0.05, 0.1) is 18.8 Å². The molecule has 2 aromatic rings. The first-order valence-corrected chi connectivity index (χ1v) is 13.9. The lowest BCUT2D eigenvalue weighted by Gasteiger charge is -2.37. The summed E-state index contributed by atoms with van der Waals surface area (Å²) in [7, 11) is -2.53. The van der Waals surface area contributed by atoms with E-state index in [-0.39, 0.29) is 36.0 Å². The molecular weight excluding hydrogens is 516 g/mol. The quantitative estimate of drug-likeness (QED) is 0.557. The number of urea groups is 1. The Labute approximate surface area is 221 Å². The Morgan fingerprint density at radius 1 is 1.26 bits per heavy atom. The molecule has 0 unspecified atom stereocenters. The molecule has 2 aromatic carbocycles. The number of aliphatic hydroxyl groups excluding tert-OH is 1. The van der Waals surface area contributed by atoms with Gasteiger partial charge < -0.3 is 20.1 Å². The topological polar surface area (TPSA) is 99.2 Å². The Bertz CT molecular complexity index is 1370. The van der Waals surface area contributed by atoms with Gasteiger partial charge in [0, 0.05) is 43.1 Å². The molecule has 0 spiro atoms. The average molecular weight is 548 g/mol. The maximum atomic E-state index is 14.0. The minimum absolute atomic E-state index is 0.0166. The van der Waals surface area contributed by atoms with E-state index in [1.54, 1.807) is 26.0 Å². The Kier molecular flexibility index (Phi) is 8.25. The van der Waals surface area contributed by atoms with Gasteiger partial charge in [-0.3, -0.25) is 0 Å². The highest BCUT2D eigenvalue weighted by Crippen LogP contribution is 2.34. The van der Waals surface area contributed by atoms with Crippen LogP contribution in [0.15, 0.2) is 41.3 Å². The summed E-state index contributed by atoms with van der Waals surface area (Å²) >= 11 is 0. The van der Waals surface area contributed by atoms with E-state index in [2.05, 4.69) is 17.2 Å². The molecule has 1 aliphatic heterocycles. The summed E-state index contributed by atoms with van der Waals surface area (Å²) in [6.45, 7) is 3.08. The van der Waals surface area contributed by atoms with Gasteiger partial charge in [-0.15, -0.1) is 0 Å². The summed E-state index contributed by atoms with van der Waals surface area (Å²) in [4.78, 5) is 14.0. The molecule has 0 aromatic heterocycles. The van der Waals surface area contributed by atoms with E-state index in [1.165, 1.54) is 22.3 Å². The van der Waals surface area contributed by atoms with Crippen molar-refractivity contribution < 1.29 is 31.8 Å². The second-order valence-electron chi connectivity index (χ2n) is 9.88. The molecule has 2 amide bonds.